The van der Waals surface area contributed by atoms with Crippen LogP contribution in [-0.4, -0.2) is 79.8 Å². The van der Waals surface area contributed by atoms with Crippen molar-refractivity contribution in [2.75, 3.05) is 44.6 Å². The van der Waals surface area contributed by atoms with Gasteiger partial charge in [-0.1, -0.05) is 26.0 Å². The first kappa shape index (κ1) is 35.3. The summed E-state index contributed by atoms with van der Waals surface area (Å²) in [5, 5.41) is 6.38. The van der Waals surface area contributed by atoms with Gasteiger partial charge in [0.2, 0.25) is 5.91 Å². The van der Waals surface area contributed by atoms with Crippen molar-refractivity contribution in [1.82, 2.24) is 9.80 Å². The maximum atomic E-state index is 13.9. The van der Waals surface area contributed by atoms with E-state index in [2.05, 4.69) is 15.6 Å². The van der Waals surface area contributed by atoms with Gasteiger partial charge in [0.25, 0.3) is 11.8 Å². The molecule has 3 amide bonds. The second kappa shape index (κ2) is 14.6. The number of aliphatic imine (C=N–C) groups is 1. The van der Waals surface area contributed by atoms with Crippen LogP contribution in [0, 0.1) is 11.8 Å². The number of methoxy groups -OCH3 is 2. The summed E-state index contributed by atoms with van der Waals surface area (Å²) in [6.07, 6.45) is 10.3. The molecule has 0 unspecified atom stereocenters. The van der Waals surface area contributed by atoms with Crippen LogP contribution < -0.4 is 29.6 Å². The Kier molecular flexibility index (Phi) is 9.51. The number of anilines is 2. The van der Waals surface area contributed by atoms with E-state index < -0.39 is 0 Å². The monoisotopic (exact) mass is 731 g/mol. The van der Waals surface area contributed by atoms with Gasteiger partial charge in [0.05, 0.1) is 62.0 Å². The molecule has 5 aliphatic rings. The fourth-order valence-electron chi connectivity index (χ4n) is 7.40. The Morgan fingerprint density at radius 3 is 2.24 bits per heavy atom. The number of benzene rings is 3. The normalized spacial score (nSPS) is 19.8. The molecule has 280 valence electrons. The Bertz CT molecular complexity index is 2080. The minimum absolute atomic E-state index is 0.0295. The van der Waals surface area contributed by atoms with E-state index in [1.807, 2.05) is 62.8 Å². The third kappa shape index (κ3) is 6.88. The van der Waals surface area contributed by atoms with Gasteiger partial charge in [0, 0.05) is 55.3 Å². The highest BCUT2D eigenvalue weighted by molar-refractivity contribution is 6.05. The van der Waals surface area contributed by atoms with E-state index in [4.69, 9.17) is 18.9 Å². The Balaban J connectivity index is 0.892. The molecule has 1 fully saturated rings. The van der Waals surface area contributed by atoms with Gasteiger partial charge in [0.1, 0.15) is 0 Å². The van der Waals surface area contributed by atoms with Crippen molar-refractivity contribution >= 4 is 46.6 Å². The summed E-state index contributed by atoms with van der Waals surface area (Å²) < 4.78 is 23.6. The number of carbonyl (C=O) groups is 3. The molecule has 1 saturated carbocycles. The van der Waals surface area contributed by atoms with Crippen LogP contribution in [0.1, 0.15) is 72.2 Å². The van der Waals surface area contributed by atoms with Crippen molar-refractivity contribution in [3.8, 4) is 23.0 Å². The first-order valence-electron chi connectivity index (χ1n) is 18.7. The quantitative estimate of drug-likeness (QED) is 0.190. The second-order valence-electron chi connectivity index (χ2n) is 14.7. The molecule has 0 radical (unpaired) electrons. The Hall–Kier alpha value is -5.78. The number of rotatable bonds is 12. The van der Waals surface area contributed by atoms with E-state index in [0.29, 0.717) is 84.0 Å². The van der Waals surface area contributed by atoms with Crippen LogP contribution in [-0.2, 0) is 4.79 Å². The van der Waals surface area contributed by atoms with Gasteiger partial charge in [-0.2, -0.15) is 0 Å². The number of hydrogen-bond acceptors (Lipinski definition) is 9. The highest BCUT2D eigenvalue weighted by Crippen LogP contribution is 2.44. The molecular weight excluding hydrogens is 686 g/mol. The number of hydrogen-bond donors (Lipinski definition) is 2. The third-order valence-electron chi connectivity index (χ3n) is 10.6. The Morgan fingerprint density at radius 1 is 0.870 bits per heavy atom. The molecule has 8 rings (SSSR count). The highest BCUT2D eigenvalue weighted by atomic mass is 16.5. The van der Waals surface area contributed by atoms with Gasteiger partial charge >= 0.3 is 0 Å². The highest BCUT2D eigenvalue weighted by Gasteiger charge is 2.38. The van der Waals surface area contributed by atoms with Crippen molar-refractivity contribution in [2.45, 2.75) is 58.0 Å². The summed E-state index contributed by atoms with van der Waals surface area (Å²) in [4.78, 5) is 47.7. The van der Waals surface area contributed by atoms with Crippen LogP contribution in [0.4, 0.5) is 17.1 Å². The van der Waals surface area contributed by atoms with Crippen molar-refractivity contribution in [3.63, 3.8) is 0 Å². The number of ether oxygens (including phenoxy) is 4. The van der Waals surface area contributed by atoms with Crippen LogP contribution in [0.3, 0.4) is 0 Å². The van der Waals surface area contributed by atoms with Gasteiger partial charge < -0.3 is 39.4 Å². The smallest absolute Gasteiger partial charge is 0.260 e. The maximum absolute atomic E-state index is 13.9. The van der Waals surface area contributed by atoms with Crippen molar-refractivity contribution in [3.05, 3.63) is 83.2 Å². The Morgan fingerprint density at radius 2 is 1.56 bits per heavy atom. The largest absolute Gasteiger partial charge is 0.493 e. The van der Waals surface area contributed by atoms with E-state index in [9.17, 15) is 14.4 Å². The predicted molar refractivity (Wildman–Crippen MR) is 206 cm³/mol. The molecule has 4 aliphatic heterocycles. The second-order valence-corrected chi connectivity index (χ2v) is 14.7. The molecule has 2 atom stereocenters. The van der Waals surface area contributed by atoms with Crippen LogP contribution in [0.25, 0.3) is 5.57 Å². The van der Waals surface area contributed by atoms with Gasteiger partial charge in [-0.3, -0.25) is 19.4 Å². The van der Waals surface area contributed by atoms with Gasteiger partial charge in [-0.15, -0.1) is 0 Å². The lowest BCUT2D eigenvalue weighted by Gasteiger charge is -2.20. The average molecular weight is 732 g/mol. The number of carbonyl (C=O) groups excluding carboxylic acids is 3. The van der Waals surface area contributed by atoms with Crippen LogP contribution in [0.5, 0.6) is 23.0 Å². The molecule has 1 aliphatic carbocycles. The van der Waals surface area contributed by atoms with E-state index in [-0.39, 0.29) is 35.7 Å². The summed E-state index contributed by atoms with van der Waals surface area (Å²) >= 11 is 0. The first-order valence-corrected chi connectivity index (χ1v) is 18.7. The fourth-order valence-corrected chi connectivity index (χ4v) is 7.40. The third-order valence-corrected chi connectivity index (χ3v) is 10.6. The predicted octanol–water partition coefficient (Wildman–Crippen LogP) is 7.05. The summed E-state index contributed by atoms with van der Waals surface area (Å²) in [5.41, 5.74) is 6.40. The summed E-state index contributed by atoms with van der Waals surface area (Å²) in [6.45, 7) is 4.95. The lowest BCUT2D eigenvalue weighted by Crippen LogP contribution is -2.34. The molecule has 54 heavy (non-hydrogen) atoms. The average Bonchev–Trinajstić information content (AvgIpc) is 3.86. The van der Waals surface area contributed by atoms with E-state index in [0.717, 1.165) is 23.2 Å². The lowest BCUT2D eigenvalue weighted by atomic mass is 10.0. The zero-order valence-corrected chi connectivity index (χ0v) is 31.0. The molecular formula is C42H45N5O7. The molecule has 3 aromatic carbocycles. The van der Waals surface area contributed by atoms with E-state index >= 15 is 0 Å². The SMILES string of the molecule is COc1cc2c(cc1OCCCOc1cc3c(cc1OC)C(=O)N1C=C(c4ccc(NC(=O)C(C)C)cc4)C[C@H]1CN3)N=C[C@@H]1CC(C3CC3)=CN1C2=O. The van der Waals surface area contributed by atoms with Crippen LogP contribution >= 0.6 is 0 Å². The summed E-state index contributed by atoms with van der Waals surface area (Å²) in [7, 11) is 3.12. The molecule has 0 spiro atoms. The van der Waals surface area contributed by atoms with Gasteiger partial charge in [-0.25, -0.2) is 0 Å². The topological polar surface area (TPSA) is 131 Å². The number of amides is 3. The summed E-state index contributed by atoms with van der Waals surface area (Å²) in [5.74, 6) is 2.24. The molecule has 0 saturated heterocycles. The molecule has 4 heterocycles. The Labute approximate surface area is 314 Å². The fraction of sp³-hybridized carbons (Fsp3) is 0.381. The zero-order chi connectivity index (χ0) is 37.5. The van der Waals surface area contributed by atoms with Crippen LogP contribution in [0.2, 0.25) is 0 Å². The maximum Gasteiger partial charge on any atom is 0.260 e. The molecule has 3 aromatic rings. The van der Waals surface area contributed by atoms with E-state index in [1.54, 1.807) is 42.2 Å². The molecule has 0 aromatic heterocycles. The number of nitrogens with one attached hydrogen (secondary N) is 2. The zero-order valence-electron chi connectivity index (χ0n) is 31.0. The minimum atomic E-state index is -0.116. The molecule has 0 bridgehead atoms. The van der Waals surface area contributed by atoms with Gasteiger partial charge in [0.15, 0.2) is 23.0 Å². The van der Waals surface area contributed by atoms with Gasteiger partial charge in [-0.05, 0) is 72.6 Å². The van der Waals surface area contributed by atoms with Crippen LogP contribution in [0.15, 0.2) is 71.5 Å². The first-order chi connectivity index (χ1) is 26.2. The molecule has 2 N–H and O–H groups in total. The summed E-state index contributed by atoms with van der Waals surface area (Å²) in [6, 6.07) is 14.6. The molecule has 12 heteroatoms. The standard InChI is InChI=1S/C42H45N5O7/c1-24(2)40(48)45-29-10-8-26(9-11-29)28-15-31-21-44-35-19-39(37(52-4)17-33(35)42(50)47(31)23-28)54-13-5-12-53-38-18-34-32(16-36(38)51-3)41(49)46-22-27(25-6-7-25)14-30(46)20-43-34/h8-11,16-20,22-25,30-31,44H,5-7,12-15,21H2,1-4H3,(H,45,48)/t30-,31-/m0/s1. The van der Waals surface area contributed by atoms with Crippen molar-refractivity contribution in [2.24, 2.45) is 16.8 Å². The number of nitrogens with zero attached hydrogens (tertiary/aromatic N) is 3. The lowest BCUT2D eigenvalue weighted by molar-refractivity contribution is -0.118. The van der Waals surface area contributed by atoms with E-state index in [1.165, 1.54) is 18.4 Å². The number of fused-ring (bicyclic) bond motifs is 4. The van der Waals surface area contributed by atoms with Crippen molar-refractivity contribution in [1.29, 1.82) is 0 Å². The molecule has 12 nitrogen and oxygen atoms in total. The minimum Gasteiger partial charge on any atom is -0.493 e. The van der Waals surface area contributed by atoms with Crippen molar-refractivity contribution < 1.29 is 33.3 Å².